The summed E-state index contributed by atoms with van der Waals surface area (Å²) in [6.45, 7) is 4.58. The van der Waals surface area contributed by atoms with Crippen LogP contribution in [0.15, 0.2) is 48.7 Å². The molecule has 3 rings (SSSR count). The second-order valence-corrected chi connectivity index (χ2v) is 5.66. The third-order valence-corrected chi connectivity index (χ3v) is 4.00. The highest BCUT2D eigenvalue weighted by Crippen LogP contribution is 2.22. The van der Waals surface area contributed by atoms with Gasteiger partial charge >= 0.3 is 0 Å². The van der Waals surface area contributed by atoms with Gasteiger partial charge in [-0.25, -0.2) is 4.39 Å². The molecule has 0 aliphatic carbocycles. The molecule has 1 heterocycles. The molecule has 0 bridgehead atoms. The fourth-order valence-electron chi connectivity index (χ4n) is 2.86. The van der Waals surface area contributed by atoms with Crippen molar-refractivity contribution in [3.63, 3.8) is 0 Å². The minimum absolute atomic E-state index is 0.0309. The van der Waals surface area contributed by atoms with Gasteiger partial charge in [0.1, 0.15) is 5.82 Å². The first-order valence-corrected chi connectivity index (χ1v) is 7.71. The predicted molar refractivity (Wildman–Crippen MR) is 91.2 cm³/mol. The van der Waals surface area contributed by atoms with Crippen molar-refractivity contribution < 1.29 is 9.18 Å². The van der Waals surface area contributed by atoms with Gasteiger partial charge in [0.05, 0.1) is 6.42 Å². The second kappa shape index (κ2) is 6.24. The Bertz CT molecular complexity index is 853. The fourth-order valence-corrected chi connectivity index (χ4v) is 2.86. The van der Waals surface area contributed by atoms with Crippen LogP contribution < -0.4 is 4.90 Å². The molecule has 0 radical (unpaired) electrons. The van der Waals surface area contributed by atoms with E-state index in [1.807, 2.05) is 38.1 Å². The van der Waals surface area contributed by atoms with E-state index in [0.29, 0.717) is 12.1 Å². The molecule has 2 aromatic carbocycles. The number of anilines is 1. The van der Waals surface area contributed by atoms with Crippen molar-refractivity contribution >= 4 is 22.5 Å². The molecule has 4 heteroatoms. The van der Waals surface area contributed by atoms with Gasteiger partial charge in [-0.2, -0.15) is 0 Å². The highest BCUT2D eigenvalue weighted by molar-refractivity contribution is 5.97. The summed E-state index contributed by atoms with van der Waals surface area (Å²) in [7, 11) is 0. The van der Waals surface area contributed by atoms with Crippen LogP contribution in [0.2, 0.25) is 0 Å². The van der Waals surface area contributed by atoms with Crippen LogP contribution in [-0.2, 0) is 11.2 Å². The molecule has 0 aliphatic heterocycles. The summed E-state index contributed by atoms with van der Waals surface area (Å²) < 4.78 is 13.3. The van der Waals surface area contributed by atoms with Crippen molar-refractivity contribution in [2.24, 2.45) is 0 Å². The summed E-state index contributed by atoms with van der Waals surface area (Å²) in [5.74, 6) is -0.254. The lowest BCUT2D eigenvalue weighted by Gasteiger charge is -2.21. The van der Waals surface area contributed by atoms with E-state index >= 15 is 0 Å². The number of nitrogens with zero attached hydrogens (tertiary/aromatic N) is 1. The van der Waals surface area contributed by atoms with Gasteiger partial charge < -0.3 is 9.88 Å². The van der Waals surface area contributed by atoms with E-state index < -0.39 is 0 Å². The number of amides is 1. The summed E-state index contributed by atoms with van der Waals surface area (Å²) in [4.78, 5) is 17.5. The number of rotatable bonds is 4. The van der Waals surface area contributed by atoms with Crippen LogP contribution in [0.1, 0.15) is 18.1 Å². The molecule has 0 spiro atoms. The van der Waals surface area contributed by atoms with Gasteiger partial charge in [-0.15, -0.1) is 0 Å². The molecule has 0 saturated carbocycles. The molecule has 118 valence electrons. The average molecular weight is 310 g/mol. The SMILES string of the molecule is CCN(C(=O)Cc1c[nH]c2cc(F)ccc12)c1cccc(C)c1. The number of hydrogen-bond donors (Lipinski definition) is 1. The highest BCUT2D eigenvalue weighted by atomic mass is 19.1. The third-order valence-electron chi connectivity index (χ3n) is 4.00. The number of fused-ring (bicyclic) bond motifs is 1. The predicted octanol–water partition coefficient (Wildman–Crippen LogP) is 4.21. The van der Waals surface area contributed by atoms with Gasteiger partial charge in [0, 0.05) is 29.3 Å². The molecule has 0 saturated heterocycles. The van der Waals surface area contributed by atoms with E-state index in [1.54, 1.807) is 17.2 Å². The average Bonchev–Trinajstić information content (AvgIpc) is 2.90. The number of benzene rings is 2. The van der Waals surface area contributed by atoms with Gasteiger partial charge in [0.25, 0.3) is 0 Å². The Morgan fingerprint density at radius 2 is 2.04 bits per heavy atom. The monoisotopic (exact) mass is 310 g/mol. The largest absolute Gasteiger partial charge is 0.361 e. The lowest BCUT2D eigenvalue weighted by molar-refractivity contribution is -0.117. The molecular weight excluding hydrogens is 291 g/mol. The van der Waals surface area contributed by atoms with E-state index in [1.165, 1.54) is 12.1 Å². The molecule has 0 atom stereocenters. The molecule has 3 aromatic rings. The van der Waals surface area contributed by atoms with Crippen LogP contribution in [0.5, 0.6) is 0 Å². The molecular formula is C19H19FN2O. The summed E-state index contributed by atoms with van der Waals surface area (Å²) >= 11 is 0. The van der Waals surface area contributed by atoms with Crippen molar-refractivity contribution in [2.75, 3.05) is 11.4 Å². The quantitative estimate of drug-likeness (QED) is 0.770. The van der Waals surface area contributed by atoms with E-state index in [2.05, 4.69) is 4.98 Å². The van der Waals surface area contributed by atoms with Crippen LogP contribution in [0.25, 0.3) is 10.9 Å². The summed E-state index contributed by atoms with van der Waals surface area (Å²) in [5, 5.41) is 0.889. The normalized spacial score (nSPS) is 10.9. The number of carbonyl (C=O) groups is 1. The highest BCUT2D eigenvalue weighted by Gasteiger charge is 2.16. The van der Waals surface area contributed by atoms with Crippen molar-refractivity contribution in [1.82, 2.24) is 4.98 Å². The molecule has 1 aromatic heterocycles. The second-order valence-electron chi connectivity index (χ2n) is 5.66. The first kappa shape index (κ1) is 15.3. The Labute approximate surface area is 134 Å². The Hall–Kier alpha value is -2.62. The van der Waals surface area contributed by atoms with Crippen molar-refractivity contribution in [2.45, 2.75) is 20.3 Å². The first-order valence-electron chi connectivity index (χ1n) is 7.71. The number of halogens is 1. The molecule has 1 amide bonds. The van der Waals surface area contributed by atoms with Gasteiger partial charge in [-0.3, -0.25) is 4.79 Å². The van der Waals surface area contributed by atoms with E-state index in [9.17, 15) is 9.18 Å². The summed E-state index contributed by atoms with van der Waals surface area (Å²) in [6.07, 6.45) is 2.07. The zero-order valence-corrected chi connectivity index (χ0v) is 13.3. The Kier molecular flexibility index (Phi) is 4.15. The summed E-state index contributed by atoms with van der Waals surface area (Å²) in [5.41, 5.74) is 3.63. The Balaban J connectivity index is 1.87. The molecule has 0 unspecified atom stereocenters. The molecule has 0 aliphatic rings. The maximum absolute atomic E-state index is 13.3. The van der Waals surface area contributed by atoms with Crippen LogP contribution in [0, 0.1) is 12.7 Å². The molecule has 0 fully saturated rings. The Morgan fingerprint density at radius 3 is 2.78 bits per heavy atom. The molecule has 3 nitrogen and oxygen atoms in total. The number of hydrogen-bond acceptors (Lipinski definition) is 1. The standard InChI is InChI=1S/C19H19FN2O/c1-3-22(16-6-4-5-13(2)9-16)19(23)10-14-12-21-18-11-15(20)7-8-17(14)18/h4-9,11-12,21H,3,10H2,1-2H3. The van der Waals surface area contributed by atoms with Gasteiger partial charge in [-0.1, -0.05) is 12.1 Å². The fraction of sp³-hybridized carbons (Fsp3) is 0.211. The maximum atomic E-state index is 13.3. The van der Waals surface area contributed by atoms with Crippen LogP contribution in [0.3, 0.4) is 0 Å². The number of nitrogens with one attached hydrogen (secondary N) is 1. The van der Waals surface area contributed by atoms with Gasteiger partial charge in [0.2, 0.25) is 5.91 Å². The van der Waals surface area contributed by atoms with E-state index in [-0.39, 0.29) is 18.1 Å². The Morgan fingerprint density at radius 1 is 1.22 bits per heavy atom. The number of H-pyrrole nitrogens is 1. The van der Waals surface area contributed by atoms with Crippen molar-refractivity contribution in [3.05, 3.63) is 65.6 Å². The molecule has 23 heavy (non-hydrogen) atoms. The minimum atomic E-state index is -0.285. The smallest absolute Gasteiger partial charge is 0.231 e. The lowest BCUT2D eigenvalue weighted by atomic mass is 10.1. The third kappa shape index (κ3) is 3.11. The minimum Gasteiger partial charge on any atom is -0.361 e. The number of aromatic nitrogens is 1. The van der Waals surface area contributed by atoms with Crippen LogP contribution in [-0.4, -0.2) is 17.4 Å². The van der Waals surface area contributed by atoms with E-state index in [0.717, 1.165) is 22.2 Å². The number of aromatic amines is 1. The van der Waals surface area contributed by atoms with Gasteiger partial charge in [-0.05, 0) is 55.3 Å². The van der Waals surface area contributed by atoms with E-state index in [4.69, 9.17) is 0 Å². The number of likely N-dealkylation sites (N-methyl/N-ethyl adjacent to an activating group) is 1. The van der Waals surface area contributed by atoms with Crippen molar-refractivity contribution in [3.8, 4) is 0 Å². The summed E-state index contributed by atoms with van der Waals surface area (Å²) in [6, 6.07) is 12.5. The van der Waals surface area contributed by atoms with Gasteiger partial charge in [0.15, 0.2) is 0 Å². The first-order chi connectivity index (χ1) is 11.1. The molecule has 1 N–H and O–H groups in total. The zero-order chi connectivity index (χ0) is 16.4. The van der Waals surface area contributed by atoms with Crippen LogP contribution in [0.4, 0.5) is 10.1 Å². The van der Waals surface area contributed by atoms with Crippen molar-refractivity contribution in [1.29, 1.82) is 0 Å². The lowest BCUT2D eigenvalue weighted by Crippen LogP contribution is -2.31. The number of carbonyl (C=O) groups excluding carboxylic acids is 1. The maximum Gasteiger partial charge on any atom is 0.231 e. The topological polar surface area (TPSA) is 36.1 Å². The van der Waals surface area contributed by atoms with Crippen LogP contribution >= 0.6 is 0 Å². The number of aryl methyl sites for hydroxylation is 1. The zero-order valence-electron chi connectivity index (χ0n) is 13.3.